The lowest BCUT2D eigenvalue weighted by molar-refractivity contribution is -0.133. The van der Waals surface area contributed by atoms with Crippen molar-refractivity contribution in [2.45, 2.75) is 25.4 Å². The van der Waals surface area contributed by atoms with Gasteiger partial charge < -0.3 is 4.90 Å². The van der Waals surface area contributed by atoms with E-state index in [1.54, 1.807) is 39.6 Å². The molecule has 0 saturated carbocycles. The molecule has 0 spiro atoms. The summed E-state index contributed by atoms with van der Waals surface area (Å²) in [5.74, 6) is 0.0764. The number of carbonyl (C=O) groups is 1. The van der Waals surface area contributed by atoms with Gasteiger partial charge in [-0.05, 0) is 46.3 Å². The van der Waals surface area contributed by atoms with E-state index in [0.717, 1.165) is 11.3 Å². The van der Waals surface area contributed by atoms with Gasteiger partial charge in [-0.15, -0.1) is 34.0 Å². The third kappa shape index (κ3) is 3.01. The Morgan fingerprint density at radius 2 is 2.04 bits per heavy atom. The first kappa shape index (κ1) is 17.8. The maximum Gasteiger partial charge on any atom is 0.262 e. The summed E-state index contributed by atoms with van der Waals surface area (Å²) in [5.41, 5.74) is 1.16. The molecule has 0 aliphatic carbocycles. The lowest BCUT2D eigenvalue weighted by Gasteiger charge is -2.35. The van der Waals surface area contributed by atoms with Crippen molar-refractivity contribution >= 4 is 50.1 Å². The molecule has 1 aliphatic rings. The molecule has 0 aromatic carbocycles. The van der Waals surface area contributed by atoms with E-state index in [1.165, 1.54) is 26.7 Å². The monoisotopic (exact) mass is 427 g/mol. The zero-order chi connectivity index (χ0) is 19.1. The average molecular weight is 428 g/mol. The smallest absolute Gasteiger partial charge is 0.262 e. The van der Waals surface area contributed by atoms with Gasteiger partial charge >= 0.3 is 0 Å². The van der Waals surface area contributed by atoms with Gasteiger partial charge in [-0.25, -0.2) is 4.98 Å². The molecule has 1 atom stereocenters. The van der Waals surface area contributed by atoms with Gasteiger partial charge in [0.05, 0.1) is 17.8 Å². The molecule has 28 heavy (non-hydrogen) atoms. The van der Waals surface area contributed by atoms with E-state index in [2.05, 4.69) is 27.9 Å². The predicted octanol–water partition coefficient (Wildman–Crippen LogP) is 4.15. The second kappa shape index (κ2) is 7.27. The highest BCUT2D eigenvalue weighted by molar-refractivity contribution is 7.16. The van der Waals surface area contributed by atoms with Crippen molar-refractivity contribution in [1.29, 1.82) is 0 Å². The summed E-state index contributed by atoms with van der Waals surface area (Å²) in [4.78, 5) is 35.3. The third-order valence-electron chi connectivity index (χ3n) is 5.12. The third-order valence-corrected chi connectivity index (χ3v) is 7.86. The molecule has 0 saturated heterocycles. The van der Waals surface area contributed by atoms with E-state index in [0.29, 0.717) is 24.9 Å². The van der Waals surface area contributed by atoms with Crippen LogP contribution in [0.25, 0.3) is 10.2 Å². The summed E-state index contributed by atoms with van der Waals surface area (Å²) in [5, 5.41) is 6.66. The normalized spacial score (nSPS) is 16.4. The Labute approximate surface area is 173 Å². The number of hydrogen-bond donors (Lipinski definition) is 0. The van der Waals surface area contributed by atoms with E-state index >= 15 is 0 Å². The zero-order valence-corrected chi connectivity index (χ0v) is 17.4. The fraction of sp³-hybridized carbons (Fsp3) is 0.250. The van der Waals surface area contributed by atoms with Crippen LogP contribution in [-0.4, -0.2) is 26.9 Å². The van der Waals surface area contributed by atoms with Crippen molar-refractivity contribution in [3.05, 3.63) is 72.4 Å². The summed E-state index contributed by atoms with van der Waals surface area (Å²) >= 11 is 4.90. The number of carbonyl (C=O) groups excluding carboxylic acids is 1. The Balaban J connectivity index is 1.39. The van der Waals surface area contributed by atoms with Gasteiger partial charge in [-0.1, -0.05) is 6.07 Å². The van der Waals surface area contributed by atoms with E-state index in [1.807, 2.05) is 16.3 Å². The Morgan fingerprint density at radius 1 is 1.14 bits per heavy atom. The van der Waals surface area contributed by atoms with Crippen molar-refractivity contribution in [2.24, 2.45) is 0 Å². The van der Waals surface area contributed by atoms with E-state index in [4.69, 9.17) is 0 Å². The highest BCUT2D eigenvalue weighted by Crippen LogP contribution is 2.39. The molecule has 8 heteroatoms. The minimum Gasteiger partial charge on any atom is -0.330 e. The van der Waals surface area contributed by atoms with Crippen molar-refractivity contribution in [3.8, 4) is 0 Å². The van der Waals surface area contributed by atoms with Crippen molar-refractivity contribution in [1.82, 2.24) is 14.5 Å². The second-order valence-corrected chi connectivity index (χ2v) is 9.56. The standard InChI is InChI=1S/C20H17N3O2S3/c24-17(4-7-22-12-21-19-14(20(22)25)6-11-28-19)23-8-3-15-13(5-10-27-15)18(23)16-2-1-9-26-16/h1-2,5-6,9-12,18H,3-4,7-8H2/t18-/m0/s1. The second-order valence-electron chi connectivity index (χ2n) is 6.69. The number of hydrogen-bond acceptors (Lipinski definition) is 6. The van der Waals surface area contributed by atoms with Crippen molar-refractivity contribution < 1.29 is 4.79 Å². The van der Waals surface area contributed by atoms with Crippen LogP contribution in [0, 0.1) is 0 Å². The zero-order valence-electron chi connectivity index (χ0n) is 14.9. The first-order valence-corrected chi connectivity index (χ1v) is 11.7. The quantitative estimate of drug-likeness (QED) is 0.492. The van der Waals surface area contributed by atoms with Crippen molar-refractivity contribution in [2.75, 3.05) is 6.54 Å². The summed E-state index contributed by atoms with van der Waals surface area (Å²) in [6.45, 7) is 1.06. The number of amides is 1. The van der Waals surface area contributed by atoms with Crippen LogP contribution in [-0.2, 0) is 17.8 Å². The molecule has 5 nitrogen and oxygen atoms in total. The fourth-order valence-corrected chi connectivity index (χ4v) is 6.23. The molecular weight excluding hydrogens is 410 g/mol. The molecule has 4 aromatic heterocycles. The maximum absolute atomic E-state index is 13.1. The topological polar surface area (TPSA) is 55.2 Å². The number of aromatic nitrogens is 2. The first-order chi connectivity index (χ1) is 13.7. The van der Waals surface area contributed by atoms with Crippen LogP contribution < -0.4 is 5.56 Å². The van der Waals surface area contributed by atoms with Crippen LogP contribution in [0.5, 0.6) is 0 Å². The van der Waals surface area contributed by atoms with Gasteiger partial charge in [0.2, 0.25) is 5.91 Å². The molecule has 5 rings (SSSR count). The van der Waals surface area contributed by atoms with Crippen LogP contribution in [0.4, 0.5) is 0 Å². The van der Waals surface area contributed by atoms with Crippen LogP contribution in [0.3, 0.4) is 0 Å². The lowest BCUT2D eigenvalue weighted by atomic mass is 9.98. The van der Waals surface area contributed by atoms with Crippen LogP contribution in [0.15, 0.2) is 51.5 Å². The summed E-state index contributed by atoms with van der Waals surface area (Å²) < 4.78 is 1.55. The van der Waals surface area contributed by atoms with Gasteiger partial charge in [-0.3, -0.25) is 14.2 Å². The van der Waals surface area contributed by atoms with Crippen LogP contribution in [0.2, 0.25) is 0 Å². The average Bonchev–Trinajstić information content (AvgIpc) is 3.47. The molecule has 0 bridgehead atoms. The number of nitrogens with zero attached hydrogens (tertiary/aromatic N) is 3. The van der Waals surface area contributed by atoms with Gasteiger partial charge in [0, 0.05) is 29.3 Å². The number of rotatable bonds is 4. The Kier molecular flexibility index (Phi) is 4.62. The fourth-order valence-electron chi connectivity index (χ4n) is 3.75. The minimum absolute atomic E-state index is 0.0169. The van der Waals surface area contributed by atoms with Crippen LogP contribution in [0.1, 0.15) is 27.8 Å². The maximum atomic E-state index is 13.1. The van der Waals surface area contributed by atoms with E-state index < -0.39 is 0 Å². The summed E-state index contributed by atoms with van der Waals surface area (Å²) in [6, 6.07) is 8.05. The molecule has 0 radical (unpaired) electrons. The Bertz CT molecular complexity index is 1190. The van der Waals surface area contributed by atoms with E-state index in [9.17, 15) is 9.59 Å². The largest absolute Gasteiger partial charge is 0.330 e. The van der Waals surface area contributed by atoms with Crippen molar-refractivity contribution in [3.63, 3.8) is 0 Å². The molecule has 142 valence electrons. The van der Waals surface area contributed by atoms with E-state index in [-0.39, 0.29) is 17.5 Å². The number of aryl methyl sites for hydroxylation is 1. The first-order valence-electron chi connectivity index (χ1n) is 9.04. The molecule has 1 aliphatic heterocycles. The Morgan fingerprint density at radius 3 is 2.89 bits per heavy atom. The lowest BCUT2D eigenvalue weighted by Crippen LogP contribution is -2.40. The molecule has 5 heterocycles. The molecule has 0 fully saturated rings. The summed E-state index contributed by atoms with van der Waals surface area (Å²) in [6.07, 6.45) is 2.74. The molecule has 4 aromatic rings. The highest BCUT2D eigenvalue weighted by atomic mass is 32.1. The number of thiophene rings is 3. The highest BCUT2D eigenvalue weighted by Gasteiger charge is 2.33. The molecule has 0 N–H and O–H groups in total. The minimum atomic E-state index is -0.0763. The SMILES string of the molecule is O=C(CCn1cnc2sccc2c1=O)N1CCc2sccc2[C@H]1c1cccs1. The van der Waals surface area contributed by atoms with Crippen LogP contribution >= 0.6 is 34.0 Å². The molecule has 1 amide bonds. The predicted molar refractivity (Wildman–Crippen MR) is 114 cm³/mol. The van der Waals surface area contributed by atoms with Gasteiger partial charge in [-0.2, -0.15) is 0 Å². The Hall–Kier alpha value is -2.29. The molecule has 0 unspecified atom stereocenters. The van der Waals surface area contributed by atoms with Gasteiger partial charge in [0.1, 0.15) is 4.83 Å². The summed E-state index contributed by atoms with van der Waals surface area (Å²) in [7, 11) is 0. The molecular formula is C20H17N3O2S3. The van der Waals surface area contributed by atoms with Gasteiger partial charge in [0.15, 0.2) is 0 Å². The van der Waals surface area contributed by atoms with Gasteiger partial charge in [0.25, 0.3) is 5.56 Å². The number of fused-ring (bicyclic) bond motifs is 2.